The van der Waals surface area contributed by atoms with Crippen molar-refractivity contribution in [2.45, 2.75) is 19.8 Å². The van der Waals surface area contributed by atoms with Crippen LogP contribution in [-0.2, 0) is 0 Å². The molecule has 1 aromatic rings. The van der Waals surface area contributed by atoms with Gasteiger partial charge in [-0.25, -0.2) is 0 Å². The number of nitro groups is 1. The lowest BCUT2D eigenvalue weighted by molar-refractivity contribution is -0.384. The van der Waals surface area contributed by atoms with E-state index in [4.69, 9.17) is 0 Å². The van der Waals surface area contributed by atoms with Crippen molar-refractivity contribution >= 4 is 17.1 Å². The van der Waals surface area contributed by atoms with Gasteiger partial charge in [-0.05, 0) is 39.5 Å². The number of rotatable bonds is 9. The molecule has 0 bridgehead atoms. The highest BCUT2D eigenvalue weighted by molar-refractivity contribution is 5.64. The molecule has 0 amide bonds. The Morgan fingerprint density at radius 1 is 1.19 bits per heavy atom. The van der Waals surface area contributed by atoms with E-state index in [-0.39, 0.29) is 10.6 Å². The summed E-state index contributed by atoms with van der Waals surface area (Å²) in [4.78, 5) is 14.9. The topological polar surface area (TPSA) is 61.6 Å². The number of anilines is 2. The second-order valence-corrected chi connectivity index (χ2v) is 5.50. The van der Waals surface area contributed by atoms with Gasteiger partial charge in [-0.3, -0.25) is 10.1 Å². The maximum atomic E-state index is 11.1. The zero-order valence-electron chi connectivity index (χ0n) is 13.4. The molecule has 1 aromatic carbocycles. The molecule has 0 aromatic heterocycles. The van der Waals surface area contributed by atoms with E-state index in [0.717, 1.165) is 43.9 Å². The molecule has 6 nitrogen and oxygen atoms in total. The molecule has 1 rings (SSSR count). The van der Waals surface area contributed by atoms with Gasteiger partial charge in [0.05, 0.1) is 4.92 Å². The third-order valence-electron chi connectivity index (χ3n) is 3.23. The van der Waals surface area contributed by atoms with E-state index in [1.807, 2.05) is 27.2 Å². The van der Waals surface area contributed by atoms with Crippen LogP contribution in [0.4, 0.5) is 17.1 Å². The lowest BCUT2D eigenvalue weighted by Crippen LogP contribution is -2.23. The molecule has 0 fully saturated rings. The predicted molar refractivity (Wildman–Crippen MR) is 88.3 cm³/mol. The lowest BCUT2D eigenvalue weighted by atomic mass is 10.2. The van der Waals surface area contributed by atoms with Crippen LogP contribution in [0.25, 0.3) is 0 Å². The minimum Gasteiger partial charge on any atom is -0.385 e. The van der Waals surface area contributed by atoms with Crippen LogP contribution < -0.4 is 10.2 Å². The predicted octanol–water partition coefficient (Wildman–Crippen LogP) is 2.80. The molecule has 0 aliphatic rings. The molecule has 0 aliphatic heterocycles. The Hall–Kier alpha value is -1.82. The summed E-state index contributed by atoms with van der Waals surface area (Å²) in [5.74, 6) is 0. The van der Waals surface area contributed by atoms with Gasteiger partial charge in [-0.2, -0.15) is 0 Å². The Kier molecular flexibility index (Phi) is 6.94. The average molecular weight is 294 g/mol. The molecule has 0 saturated heterocycles. The second-order valence-electron chi connectivity index (χ2n) is 5.50. The minimum absolute atomic E-state index is 0.130. The first-order valence-corrected chi connectivity index (χ1v) is 7.33. The molecule has 0 saturated carbocycles. The standard InChI is InChI=1S/C15H26N4O2/c1-5-7-16-13-10-14(12-15(11-13)19(20)21)18(4)9-6-8-17(2)3/h10-12,16H,5-9H2,1-4H3. The highest BCUT2D eigenvalue weighted by Gasteiger charge is 2.12. The van der Waals surface area contributed by atoms with Gasteiger partial charge >= 0.3 is 0 Å². The van der Waals surface area contributed by atoms with Crippen LogP contribution in [0.3, 0.4) is 0 Å². The van der Waals surface area contributed by atoms with Gasteiger partial charge < -0.3 is 15.1 Å². The van der Waals surface area contributed by atoms with E-state index in [9.17, 15) is 10.1 Å². The van der Waals surface area contributed by atoms with Crippen molar-refractivity contribution in [2.75, 3.05) is 51.0 Å². The summed E-state index contributed by atoms with van der Waals surface area (Å²) in [6, 6.07) is 5.19. The fourth-order valence-electron chi connectivity index (χ4n) is 2.05. The van der Waals surface area contributed by atoms with Crippen molar-refractivity contribution in [3.63, 3.8) is 0 Å². The first-order chi connectivity index (χ1) is 9.93. The number of hydrogen-bond donors (Lipinski definition) is 1. The molecular weight excluding hydrogens is 268 g/mol. The van der Waals surface area contributed by atoms with Crippen molar-refractivity contribution in [2.24, 2.45) is 0 Å². The molecule has 0 aliphatic carbocycles. The van der Waals surface area contributed by atoms with Crippen LogP contribution in [0.15, 0.2) is 18.2 Å². The Labute approximate surface area is 126 Å². The second kappa shape index (κ2) is 8.46. The van der Waals surface area contributed by atoms with E-state index in [1.165, 1.54) is 0 Å². The summed E-state index contributed by atoms with van der Waals surface area (Å²) >= 11 is 0. The third-order valence-corrected chi connectivity index (χ3v) is 3.23. The number of nitrogens with zero attached hydrogens (tertiary/aromatic N) is 3. The van der Waals surface area contributed by atoms with Crippen molar-refractivity contribution in [3.05, 3.63) is 28.3 Å². The number of hydrogen-bond acceptors (Lipinski definition) is 5. The highest BCUT2D eigenvalue weighted by atomic mass is 16.6. The maximum Gasteiger partial charge on any atom is 0.273 e. The largest absolute Gasteiger partial charge is 0.385 e. The van der Waals surface area contributed by atoms with Crippen molar-refractivity contribution in [1.29, 1.82) is 0 Å². The molecule has 6 heteroatoms. The molecule has 21 heavy (non-hydrogen) atoms. The first kappa shape index (κ1) is 17.2. The van der Waals surface area contributed by atoms with Gasteiger partial charge in [0.2, 0.25) is 0 Å². The SMILES string of the molecule is CCCNc1cc(N(C)CCCN(C)C)cc([N+](=O)[O-])c1. The Morgan fingerprint density at radius 2 is 1.90 bits per heavy atom. The van der Waals surface area contributed by atoms with Crippen LogP contribution in [0.2, 0.25) is 0 Å². The summed E-state index contributed by atoms with van der Waals surface area (Å²) in [7, 11) is 6.05. The van der Waals surface area contributed by atoms with Crippen LogP contribution in [0, 0.1) is 10.1 Å². The van der Waals surface area contributed by atoms with E-state index in [2.05, 4.69) is 22.0 Å². The van der Waals surface area contributed by atoms with Crippen molar-refractivity contribution in [1.82, 2.24) is 4.90 Å². The van der Waals surface area contributed by atoms with E-state index in [0.29, 0.717) is 0 Å². The van der Waals surface area contributed by atoms with E-state index < -0.39 is 0 Å². The van der Waals surface area contributed by atoms with Crippen LogP contribution in [0.5, 0.6) is 0 Å². The summed E-state index contributed by atoms with van der Waals surface area (Å²) in [5, 5.41) is 14.3. The number of nitro benzene ring substituents is 1. The van der Waals surface area contributed by atoms with Gasteiger partial charge in [0.25, 0.3) is 5.69 Å². The van der Waals surface area contributed by atoms with Gasteiger partial charge in [0.15, 0.2) is 0 Å². The third kappa shape index (κ3) is 5.99. The van der Waals surface area contributed by atoms with Gasteiger partial charge in [-0.1, -0.05) is 6.92 Å². The van der Waals surface area contributed by atoms with Crippen molar-refractivity contribution < 1.29 is 4.92 Å². The molecule has 0 atom stereocenters. The summed E-state index contributed by atoms with van der Waals surface area (Å²) in [5.41, 5.74) is 1.81. The number of non-ortho nitro benzene ring substituents is 1. The maximum absolute atomic E-state index is 11.1. The van der Waals surface area contributed by atoms with Gasteiger partial charge in [-0.15, -0.1) is 0 Å². The Morgan fingerprint density at radius 3 is 2.48 bits per heavy atom. The molecule has 118 valence electrons. The molecule has 1 N–H and O–H groups in total. The summed E-state index contributed by atoms with van der Waals surface area (Å²) in [6.45, 7) is 4.75. The average Bonchev–Trinajstić information content (AvgIpc) is 2.44. The summed E-state index contributed by atoms with van der Waals surface area (Å²) < 4.78 is 0. The molecule has 0 radical (unpaired) electrons. The molecule has 0 unspecified atom stereocenters. The van der Waals surface area contributed by atoms with Crippen LogP contribution in [-0.4, -0.2) is 50.6 Å². The monoisotopic (exact) mass is 294 g/mol. The molecular formula is C15H26N4O2. The Bertz CT molecular complexity index is 463. The van der Waals surface area contributed by atoms with Crippen LogP contribution >= 0.6 is 0 Å². The van der Waals surface area contributed by atoms with Crippen molar-refractivity contribution in [3.8, 4) is 0 Å². The minimum atomic E-state index is -0.339. The molecule has 0 heterocycles. The number of nitrogens with one attached hydrogen (secondary N) is 1. The highest BCUT2D eigenvalue weighted by Crippen LogP contribution is 2.26. The molecule has 0 spiro atoms. The quantitative estimate of drug-likeness (QED) is 0.560. The number of benzene rings is 1. The van der Waals surface area contributed by atoms with Crippen LogP contribution in [0.1, 0.15) is 19.8 Å². The van der Waals surface area contributed by atoms with Gasteiger partial charge in [0.1, 0.15) is 0 Å². The zero-order valence-corrected chi connectivity index (χ0v) is 13.4. The van der Waals surface area contributed by atoms with E-state index >= 15 is 0 Å². The zero-order chi connectivity index (χ0) is 15.8. The Balaban J connectivity index is 2.83. The first-order valence-electron chi connectivity index (χ1n) is 7.33. The fourth-order valence-corrected chi connectivity index (χ4v) is 2.05. The normalized spacial score (nSPS) is 10.7. The fraction of sp³-hybridized carbons (Fsp3) is 0.600. The van der Waals surface area contributed by atoms with E-state index in [1.54, 1.807) is 12.1 Å². The lowest BCUT2D eigenvalue weighted by Gasteiger charge is -2.21. The summed E-state index contributed by atoms with van der Waals surface area (Å²) in [6.07, 6.45) is 2.00. The smallest absolute Gasteiger partial charge is 0.273 e. The van der Waals surface area contributed by atoms with Gasteiger partial charge in [0, 0.05) is 43.6 Å².